The molecule has 208 valence electrons. The average Bonchev–Trinajstić information content (AvgIpc) is 2.93. The van der Waals surface area contributed by atoms with Gasteiger partial charge in [-0.2, -0.15) is 0 Å². The Bertz CT molecular complexity index is 1400. The van der Waals surface area contributed by atoms with Crippen molar-refractivity contribution >= 4 is 50.7 Å². The smallest absolute Gasteiger partial charge is 0.264 e. The summed E-state index contributed by atoms with van der Waals surface area (Å²) in [6.07, 6.45) is 0.319. The number of halogens is 2. The lowest BCUT2D eigenvalue weighted by atomic mass is 10.1. The maximum atomic E-state index is 14.0. The van der Waals surface area contributed by atoms with Crippen LogP contribution in [-0.2, 0) is 26.2 Å². The number of sulfonamides is 1. The number of carbonyl (C=O) groups excluding carboxylic acids is 2. The molecule has 0 aliphatic carbocycles. The number of benzene rings is 3. The molecule has 0 spiro atoms. The van der Waals surface area contributed by atoms with E-state index in [0.717, 1.165) is 9.87 Å². The Morgan fingerprint density at radius 3 is 2.28 bits per heavy atom. The molecule has 0 bridgehead atoms. The summed E-state index contributed by atoms with van der Waals surface area (Å²) in [5.41, 5.74) is 0.881. The molecule has 2 amide bonds. The van der Waals surface area contributed by atoms with Crippen LogP contribution < -0.4 is 14.4 Å². The third-order valence-corrected chi connectivity index (χ3v) is 8.55. The van der Waals surface area contributed by atoms with E-state index in [4.69, 9.17) is 27.9 Å². The second-order valence-electron chi connectivity index (χ2n) is 8.61. The van der Waals surface area contributed by atoms with E-state index in [1.807, 2.05) is 6.07 Å². The number of nitrogens with zero attached hydrogens (tertiary/aromatic N) is 2. The van der Waals surface area contributed by atoms with Crippen LogP contribution in [0.15, 0.2) is 77.7 Å². The Kier molecular flexibility index (Phi) is 10.6. The van der Waals surface area contributed by atoms with E-state index in [2.05, 4.69) is 5.32 Å². The van der Waals surface area contributed by atoms with Crippen LogP contribution in [0.1, 0.15) is 25.8 Å². The van der Waals surface area contributed by atoms with E-state index in [0.29, 0.717) is 18.7 Å². The van der Waals surface area contributed by atoms with Crippen molar-refractivity contribution in [3.63, 3.8) is 0 Å². The molecule has 3 rings (SSSR count). The zero-order chi connectivity index (χ0) is 28.6. The van der Waals surface area contributed by atoms with Crippen LogP contribution >= 0.6 is 23.2 Å². The standard InChI is InChI=1S/C28H31Cl2N3O5S/c1-4-26(28(35)31-5-2)32(18-20-10-9-11-22(16-20)38-3)27(34)19-33(21-14-15-24(29)25(30)17-21)39(36,37)23-12-7-6-8-13-23/h6-17,26H,4-5,18-19H2,1-3H3,(H,31,35)/t26-/m1/s1. The maximum Gasteiger partial charge on any atom is 0.264 e. The van der Waals surface area contributed by atoms with Crippen molar-refractivity contribution in [3.8, 4) is 5.75 Å². The van der Waals surface area contributed by atoms with Gasteiger partial charge in [0.25, 0.3) is 10.0 Å². The van der Waals surface area contributed by atoms with Crippen molar-refractivity contribution in [2.75, 3.05) is 24.5 Å². The van der Waals surface area contributed by atoms with E-state index in [-0.39, 0.29) is 33.1 Å². The number of ether oxygens (including phenoxy) is 1. The fourth-order valence-electron chi connectivity index (χ4n) is 4.07. The topological polar surface area (TPSA) is 96.0 Å². The minimum Gasteiger partial charge on any atom is -0.497 e. The van der Waals surface area contributed by atoms with E-state index in [1.165, 1.54) is 42.3 Å². The van der Waals surface area contributed by atoms with E-state index in [9.17, 15) is 18.0 Å². The van der Waals surface area contributed by atoms with Crippen molar-refractivity contribution < 1.29 is 22.7 Å². The van der Waals surface area contributed by atoms with Gasteiger partial charge < -0.3 is 15.0 Å². The van der Waals surface area contributed by atoms with Crippen LogP contribution in [0, 0.1) is 0 Å². The number of hydrogen-bond donors (Lipinski definition) is 1. The van der Waals surface area contributed by atoms with Crippen molar-refractivity contribution in [3.05, 3.63) is 88.4 Å². The molecule has 0 aliphatic heterocycles. The maximum absolute atomic E-state index is 14.0. The van der Waals surface area contributed by atoms with Crippen LogP contribution in [0.3, 0.4) is 0 Å². The van der Waals surface area contributed by atoms with Gasteiger partial charge >= 0.3 is 0 Å². The Hall–Kier alpha value is -3.27. The number of nitrogens with one attached hydrogen (secondary N) is 1. The highest BCUT2D eigenvalue weighted by molar-refractivity contribution is 7.92. The highest BCUT2D eigenvalue weighted by Crippen LogP contribution is 2.31. The minimum absolute atomic E-state index is 0.000939. The lowest BCUT2D eigenvalue weighted by Crippen LogP contribution is -2.52. The van der Waals surface area contributed by atoms with Crippen molar-refractivity contribution in [1.82, 2.24) is 10.2 Å². The summed E-state index contributed by atoms with van der Waals surface area (Å²) in [7, 11) is -2.66. The first-order valence-electron chi connectivity index (χ1n) is 12.3. The highest BCUT2D eigenvalue weighted by atomic mass is 35.5. The van der Waals surface area contributed by atoms with Crippen molar-refractivity contribution in [2.45, 2.75) is 37.8 Å². The molecule has 1 atom stereocenters. The number of amides is 2. The van der Waals surface area contributed by atoms with Gasteiger partial charge in [0, 0.05) is 13.1 Å². The fourth-order valence-corrected chi connectivity index (χ4v) is 5.79. The SMILES string of the molecule is CCNC(=O)[C@@H](CC)N(Cc1cccc(OC)c1)C(=O)CN(c1ccc(Cl)c(Cl)c1)S(=O)(=O)c1ccccc1. The van der Waals surface area contributed by atoms with E-state index in [1.54, 1.807) is 50.2 Å². The van der Waals surface area contributed by atoms with Crippen LogP contribution in [0.25, 0.3) is 0 Å². The Balaban J connectivity index is 2.08. The van der Waals surface area contributed by atoms with Crippen LogP contribution in [-0.4, -0.2) is 51.4 Å². The molecular formula is C28H31Cl2N3O5S. The van der Waals surface area contributed by atoms with Crippen LogP contribution in [0.2, 0.25) is 10.0 Å². The first-order valence-corrected chi connectivity index (χ1v) is 14.5. The summed E-state index contributed by atoms with van der Waals surface area (Å²) in [4.78, 5) is 28.4. The molecule has 11 heteroatoms. The van der Waals surface area contributed by atoms with Crippen molar-refractivity contribution in [1.29, 1.82) is 0 Å². The highest BCUT2D eigenvalue weighted by Gasteiger charge is 2.33. The van der Waals surface area contributed by atoms with Gasteiger partial charge in [0.1, 0.15) is 18.3 Å². The van der Waals surface area contributed by atoms with Gasteiger partial charge in [-0.1, -0.05) is 60.5 Å². The lowest BCUT2D eigenvalue weighted by molar-refractivity contribution is -0.140. The average molecular weight is 593 g/mol. The number of hydrogen-bond acceptors (Lipinski definition) is 5. The molecule has 0 radical (unpaired) electrons. The Morgan fingerprint density at radius 1 is 0.949 bits per heavy atom. The molecule has 8 nitrogen and oxygen atoms in total. The molecule has 1 N–H and O–H groups in total. The summed E-state index contributed by atoms with van der Waals surface area (Å²) in [6, 6.07) is 18.4. The quantitative estimate of drug-likeness (QED) is 0.314. The molecule has 0 saturated carbocycles. The third-order valence-electron chi connectivity index (χ3n) is 6.03. The number of methoxy groups -OCH3 is 1. The fraction of sp³-hybridized carbons (Fsp3) is 0.286. The predicted octanol–water partition coefficient (Wildman–Crippen LogP) is 5.14. The van der Waals surface area contributed by atoms with Gasteiger partial charge in [0.2, 0.25) is 11.8 Å². The van der Waals surface area contributed by atoms with Crippen LogP contribution in [0.4, 0.5) is 5.69 Å². The zero-order valence-electron chi connectivity index (χ0n) is 21.9. The zero-order valence-corrected chi connectivity index (χ0v) is 24.3. The predicted molar refractivity (Wildman–Crippen MR) is 154 cm³/mol. The molecule has 0 unspecified atom stereocenters. The monoisotopic (exact) mass is 591 g/mol. The molecule has 3 aromatic carbocycles. The first kappa shape index (κ1) is 30.3. The molecule has 0 fully saturated rings. The minimum atomic E-state index is -4.20. The third kappa shape index (κ3) is 7.44. The summed E-state index contributed by atoms with van der Waals surface area (Å²) < 4.78 is 33.9. The molecule has 3 aromatic rings. The van der Waals surface area contributed by atoms with E-state index >= 15 is 0 Å². The Morgan fingerprint density at radius 2 is 1.67 bits per heavy atom. The van der Waals surface area contributed by atoms with Crippen LogP contribution in [0.5, 0.6) is 5.75 Å². The van der Waals surface area contributed by atoms with Gasteiger partial charge in [-0.05, 0) is 61.4 Å². The second-order valence-corrected chi connectivity index (χ2v) is 11.3. The number of anilines is 1. The van der Waals surface area contributed by atoms with Gasteiger partial charge in [0.05, 0.1) is 27.7 Å². The first-order chi connectivity index (χ1) is 18.6. The normalized spacial score (nSPS) is 11.9. The molecule has 39 heavy (non-hydrogen) atoms. The summed E-state index contributed by atoms with van der Waals surface area (Å²) in [5, 5.41) is 3.15. The van der Waals surface area contributed by atoms with Gasteiger partial charge in [-0.3, -0.25) is 13.9 Å². The van der Waals surface area contributed by atoms with Gasteiger partial charge in [0.15, 0.2) is 0 Å². The van der Waals surface area contributed by atoms with Gasteiger partial charge in [-0.25, -0.2) is 8.42 Å². The molecule has 0 heterocycles. The molecule has 0 saturated heterocycles. The summed E-state index contributed by atoms with van der Waals surface area (Å²) in [6.45, 7) is 3.45. The molecular weight excluding hydrogens is 561 g/mol. The number of carbonyl (C=O) groups is 2. The number of likely N-dealkylation sites (N-methyl/N-ethyl adjacent to an activating group) is 1. The van der Waals surface area contributed by atoms with Gasteiger partial charge in [-0.15, -0.1) is 0 Å². The Labute approximate surface area is 239 Å². The lowest BCUT2D eigenvalue weighted by Gasteiger charge is -2.33. The van der Waals surface area contributed by atoms with Crippen molar-refractivity contribution in [2.24, 2.45) is 0 Å². The summed E-state index contributed by atoms with van der Waals surface area (Å²) >= 11 is 12.3. The second kappa shape index (κ2) is 13.7. The van der Waals surface area contributed by atoms with E-state index < -0.39 is 28.5 Å². The molecule has 0 aliphatic rings. The number of rotatable bonds is 12. The largest absolute Gasteiger partial charge is 0.497 e. The molecule has 0 aromatic heterocycles. The summed E-state index contributed by atoms with van der Waals surface area (Å²) in [5.74, 6) is -0.306.